The molecule has 5 unspecified atom stereocenters. The largest absolute Gasteiger partial charge is 0.299 e. The van der Waals surface area contributed by atoms with Crippen LogP contribution in [0.15, 0.2) is 11.1 Å². The van der Waals surface area contributed by atoms with Crippen molar-refractivity contribution in [1.82, 2.24) is 0 Å². The van der Waals surface area contributed by atoms with Crippen molar-refractivity contribution in [3.63, 3.8) is 0 Å². The second-order valence-electron chi connectivity index (χ2n) is 6.37. The van der Waals surface area contributed by atoms with Gasteiger partial charge in [-0.25, -0.2) is 0 Å². The van der Waals surface area contributed by atoms with E-state index in [1.54, 1.807) is 12.5 Å². The van der Waals surface area contributed by atoms with Crippen LogP contribution in [0.25, 0.3) is 0 Å². The standard InChI is InChI=1S/C16H26O/c1-9-7-6-8-14-15(9)11(3)10(2)12(4)16(14)13(5)17/h9-12,16H,6-8H2,1-5H3. The maximum Gasteiger partial charge on any atom is 0.137 e. The van der Waals surface area contributed by atoms with E-state index in [1.165, 1.54) is 24.8 Å². The maximum atomic E-state index is 12.0. The van der Waals surface area contributed by atoms with Gasteiger partial charge in [-0.3, -0.25) is 4.79 Å². The molecule has 96 valence electrons. The first-order valence-electron chi connectivity index (χ1n) is 7.18. The number of allylic oxidation sites excluding steroid dienone is 2. The highest BCUT2D eigenvalue weighted by Crippen LogP contribution is 2.49. The van der Waals surface area contributed by atoms with Crippen molar-refractivity contribution in [2.45, 2.75) is 53.9 Å². The molecule has 0 aliphatic heterocycles. The van der Waals surface area contributed by atoms with Crippen molar-refractivity contribution in [2.75, 3.05) is 0 Å². The van der Waals surface area contributed by atoms with E-state index in [0.717, 1.165) is 0 Å². The zero-order valence-electron chi connectivity index (χ0n) is 11.9. The Morgan fingerprint density at radius 3 is 2.35 bits per heavy atom. The Labute approximate surface area is 106 Å². The van der Waals surface area contributed by atoms with Crippen molar-refractivity contribution < 1.29 is 4.79 Å². The van der Waals surface area contributed by atoms with E-state index in [4.69, 9.17) is 0 Å². The van der Waals surface area contributed by atoms with Gasteiger partial charge < -0.3 is 0 Å². The lowest BCUT2D eigenvalue weighted by molar-refractivity contribution is -0.122. The molecule has 0 heterocycles. The summed E-state index contributed by atoms with van der Waals surface area (Å²) in [5.41, 5.74) is 3.16. The molecule has 0 N–H and O–H groups in total. The summed E-state index contributed by atoms with van der Waals surface area (Å²) in [6.45, 7) is 11.1. The summed E-state index contributed by atoms with van der Waals surface area (Å²) < 4.78 is 0. The highest BCUT2D eigenvalue weighted by atomic mass is 16.1. The summed E-state index contributed by atoms with van der Waals surface area (Å²) in [7, 11) is 0. The molecule has 0 bridgehead atoms. The molecule has 1 nitrogen and oxygen atoms in total. The van der Waals surface area contributed by atoms with E-state index in [0.29, 0.717) is 29.5 Å². The van der Waals surface area contributed by atoms with Crippen LogP contribution in [0.4, 0.5) is 0 Å². The van der Waals surface area contributed by atoms with Crippen LogP contribution in [0.1, 0.15) is 53.9 Å². The SMILES string of the molecule is CC(=O)C1C2=C(C(C)CCC2)C(C)C(C)C1C. The van der Waals surface area contributed by atoms with Gasteiger partial charge in [0.1, 0.15) is 5.78 Å². The summed E-state index contributed by atoms with van der Waals surface area (Å²) in [5.74, 6) is 3.14. The molecule has 0 spiro atoms. The van der Waals surface area contributed by atoms with E-state index >= 15 is 0 Å². The van der Waals surface area contributed by atoms with Crippen LogP contribution in [0.3, 0.4) is 0 Å². The van der Waals surface area contributed by atoms with Gasteiger partial charge in [-0.05, 0) is 49.9 Å². The number of hydrogen-bond donors (Lipinski definition) is 0. The zero-order chi connectivity index (χ0) is 12.7. The highest BCUT2D eigenvalue weighted by Gasteiger charge is 2.41. The fourth-order valence-electron chi connectivity index (χ4n) is 4.27. The quantitative estimate of drug-likeness (QED) is 0.620. The molecule has 0 radical (unpaired) electrons. The fourth-order valence-corrected chi connectivity index (χ4v) is 4.27. The number of carbonyl (C=O) groups is 1. The van der Waals surface area contributed by atoms with Crippen LogP contribution in [0.2, 0.25) is 0 Å². The smallest absolute Gasteiger partial charge is 0.137 e. The molecule has 5 atom stereocenters. The molecular formula is C16H26O. The Hall–Kier alpha value is -0.590. The highest BCUT2D eigenvalue weighted by molar-refractivity contribution is 5.82. The molecule has 0 fully saturated rings. The lowest BCUT2D eigenvalue weighted by Gasteiger charge is -2.45. The van der Waals surface area contributed by atoms with Gasteiger partial charge >= 0.3 is 0 Å². The van der Waals surface area contributed by atoms with E-state index in [9.17, 15) is 4.79 Å². The van der Waals surface area contributed by atoms with Gasteiger partial charge in [-0.1, -0.05) is 38.8 Å². The minimum atomic E-state index is 0.221. The monoisotopic (exact) mass is 234 g/mol. The average molecular weight is 234 g/mol. The van der Waals surface area contributed by atoms with E-state index in [-0.39, 0.29) is 5.92 Å². The van der Waals surface area contributed by atoms with Crippen LogP contribution in [-0.4, -0.2) is 5.78 Å². The Bertz CT molecular complexity index is 353. The molecule has 0 aromatic rings. The molecule has 1 heteroatoms. The number of hydrogen-bond acceptors (Lipinski definition) is 1. The van der Waals surface area contributed by atoms with Crippen LogP contribution in [0.5, 0.6) is 0 Å². The molecule has 0 aromatic heterocycles. The van der Waals surface area contributed by atoms with Crippen molar-refractivity contribution >= 4 is 5.78 Å². The van der Waals surface area contributed by atoms with Crippen LogP contribution in [-0.2, 0) is 4.79 Å². The number of rotatable bonds is 1. The van der Waals surface area contributed by atoms with Gasteiger partial charge in [0.25, 0.3) is 0 Å². The summed E-state index contributed by atoms with van der Waals surface area (Å²) >= 11 is 0. The Morgan fingerprint density at radius 2 is 1.76 bits per heavy atom. The molecule has 0 amide bonds. The van der Waals surface area contributed by atoms with Crippen LogP contribution >= 0.6 is 0 Å². The van der Waals surface area contributed by atoms with Crippen LogP contribution in [0, 0.1) is 29.6 Å². The third kappa shape index (κ3) is 1.98. The molecule has 0 aromatic carbocycles. The normalized spacial score (nSPS) is 42.3. The first-order valence-corrected chi connectivity index (χ1v) is 7.18. The van der Waals surface area contributed by atoms with Gasteiger partial charge in [0.05, 0.1) is 0 Å². The minimum absolute atomic E-state index is 0.221. The van der Waals surface area contributed by atoms with Crippen molar-refractivity contribution in [2.24, 2.45) is 29.6 Å². The second-order valence-corrected chi connectivity index (χ2v) is 6.37. The average Bonchev–Trinajstić information content (AvgIpc) is 2.25. The zero-order valence-corrected chi connectivity index (χ0v) is 11.9. The second kappa shape index (κ2) is 4.59. The first kappa shape index (κ1) is 12.9. The van der Waals surface area contributed by atoms with Gasteiger partial charge in [-0.2, -0.15) is 0 Å². The first-order chi connectivity index (χ1) is 7.95. The van der Waals surface area contributed by atoms with Crippen molar-refractivity contribution in [3.05, 3.63) is 11.1 Å². The summed E-state index contributed by atoms with van der Waals surface area (Å²) in [6.07, 6.45) is 3.76. The van der Waals surface area contributed by atoms with E-state index in [1.807, 2.05) is 0 Å². The molecule has 2 rings (SSSR count). The maximum absolute atomic E-state index is 12.0. The van der Waals surface area contributed by atoms with Gasteiger partial charge in [-0.15, -0.1) is 0 Å². The van der Waals surface area contributed by atoms with E-state index in [2.05, 4.69) is 27.7 Å². The fraction of sp³-hybridized carbons (Fsp3) is 0.812. The van der Waals surface area contributed by atoms with Crippen molar-refractivity contribution in [1.29, 1.82) is 0 Å². The molecule has 2 aliphatic carbocycles. The Balaban J connectivity index is 2.49. The predicted octanol–water partition coefficient (Wildman–Crippen LogP) is 4.23. The van der Waals surface area contributed by atoms with Gasteiger partial charge in [0, 0.05) is 5.92 Å². The third-order valence-corrected chi connectivity index (χ3v) is 5.43. The van der Waals surface area contributed by atoms with Gasteiger partial charge in [0.15, 0.2) is 0 Å². The number of Topliss-reactive ketones (excluding diaryl/α,β-unsaturated/α-hetero) is 1. The van der Waals surface area contributed by atoms with Crippen molar-refractivity contribution in [3.8, 4) is 0 Å². The summed E-state index contributed by atoms with van der Waals surface area (Å²) in [6, 6.07) is 0. The Morgan fingerprint density at radius 1 is 1.12 bits per heavy atom. The lowest BCUT2D eigenvalue weighted by Crippen LogP contribution is -2.39. The summed E-state index contributed by atoms with van der Waals surface area (Å²) in [5, 5.41) is 0. The lowest BCUT2D eigenvalue weighted by atomic mass is 9.59. The number of carbonyl (C=O) groups excluding carboxylic acids is 1. The molecule has 0 saturated heterocycles. The molecule has 2 aliphatic rings. The summed E-state index contributed by atoms with van der Waals surface area (Å²) in [4.78, 5) is 12.0. The third-order valence-electron chi connectivity index (χ3n) is 5.43. The van der Waals surface area contributed by atoms with Crippen LogP contribution < -0.4 is 0 Å². The molecule has 0 saturated carbocycles. The molecular weight excluding hydrogens is 208 g/mol. The Kier molecular flexibility index (Phi) is 3.47. The molecule has 17 heavy (non-hydrogen) atoms. The minimum Gasteiger partial charge on any atom is -0.299 e. The number of ketones is 1. The van der Waals surface area contributed by atoms with E-state index < -0.39 is 0 Å². The predicted molar refractivity (Wildman–Crippen MR) is 71.7 cm³/mol. The topological polar surface area (TPSA) is 17.1 Å². The van der Waals surface area contributed by atoms with Gasteiger partial charge in [0.2, 0.25) is 0 Å².